The highest BCUT2D eigenvalue weighted by molar-refractivity contribution is 7.99. The number of rotatable bonds is 7. The molecule has 1 saturated heterocycles. The number of carbonyl (C=O) groups excluding carboxylic acids is 4. The molecule has 2 aromatic rings. The van der Waals surface area contributed by atoms with Gasteiger partial charge in [-0.2, -0.15) is 0 Å². The Labute approximate surface area is 201 Å². The fourth-order valence-corrected chi connectivity index (χ4v) is 5.69. The first-order valence-electron chi connectivity index (χ1n) is 10.0. The van der Waals surface area contributed by atoms with Crippen molar-refractivity contribution in [1.82, 2.24) is 9.66 Å². The first-order valence-corrected chi connectivity index (χ1v) is 11.7. The number of nitrogens with zero attached hydrogens (tertiary/aromatic N) is 2. The minimum absolute atomic E-state index is 0.0192. The van der Waals surface area contributed by atoms with Crippen molar-refractivity contribution in [1.29, 1.82) is 0 Å². The Balaban J connectivity index is 2.01. The fourth-order valence-electron chi connectivity index (χ4n) is 3.47. The Hall–Kier alpha value is -2.97. The number of thioether (sulfide) groups is 1. The summed E-state index contributed by atoms with van der Waals surface area (Å²) in [4.78, 5) is 64.7. The number of ketones is 1. The Morgan fingerprint density at radius 1 is 1.09 bits per heavy atom. The van der Waals surface area contributed by atoms with Gasteiger partial charge in [0.15, 0.2) is 28.6 Å². The molecule has 0 spiro atoms. The molecule has 3 heterocycles. The van der Waals surface area contributed by atoms with E-state index in [2.05, 4.69) is 4.98 Å². The third-order valence-corrected chi connectivity index (χ3v) is 7.22. The van der Waals surface area contributed by atoms with Crippen LogP contribution in [0.15, 0.2) is 9.95 Å². The van der Waals surface area contributed by atoms with Crippen LogP contribution in [0.25, 0.3) is 10.2 Å². The van der Waals surface area contributed by atoms with Crippen molar-refractivity contribution in [3.05, 3.63) is 20.8 Å². The van der Waals surface area contributed by atoms with Crippen molar-refractivity contribution in [2.45, 2.75) is 63.5 Å². The zero-order chi connectivity index (χ0) is 25.3. The van der Waals surface area contributed by atoms with Gasteiger partial charge in [0, 0.05) is 20.8 Å². The van der Waals surface area contributed by atoms with E-state index in [1.807, 2.05) is 0 Å². The molecule has 1 fully saturated rings. The number of aryl methyl sites for hydroxylation is 1. The zero-order valence-electron chi connectivity index (χ0n) is 19.0. The van der Waals surface area contributed by atoms with Gasteiger partial charge in [-0.05, 0) is 19.4 Å². The van der Waals surface area contributed by atoms with Crippen molar-refractivity contribution in [3.63, 3.8) is 0 Å². The van der Waals surface area contributed by atoms with Crippen molar-refractivity contribution in [3.8, 4) is 0 Å². The van der Waals surface area contributed by atoms with E-state index in [9.17, 15) is 24.0 Å². The van der Waals surface area contributed by atoms with Crippen LogP contribution in [0.2, 0.25) is 0 Å². The predicted octanol–water partition coefficient (Wildman–Crippen LogP) is 0.926. The number of esters is 3. The average molecular weight is 514 g/mol. The normalized spacial score (nSPS) is 21.9. The Kier molecular flexibility index (Phi) is 7.63. The largest absolute Gasteiger partial charge is 0.463 e. The third kappa shape index (κ3) is 5.23. The molecule has 0 bridgehead atoms. The summed E-state index contributed by atoms with van der Waals surface area (Å²) in [6.07, 6.45) is -3.16. The van der Waals surface area contributed by atoms with E-state index in [0.29, 0.717) is 15.3 Å². The van der Waals surface area contributed by atoms with Gasteiger partial charge < -0.3 is 24.8 Å². The molecule has 0 amide bonds. The zero-order valence-corrected chi connectivity index (χ0v) is 20.6. The van der Waals surface area contributed by atoms with Crippen LogP contribution < -0.4 is 11.4 Å². The molecule has 34 heavy (non-hydrogen) atoms. The molecule has 3 rings (SSSR count). The smallest absolute Gasteiger partial charge is 0.303 e. The van der Waals surface area contributed by atoms with E-state index in [0.717, 1.165) is 27.8 Å². The maximum absolute atomic E-state index is 12.9. The molecule has 2 N–H and O–H groups in total. The summed E-state index contributed by atoms with van der Waals surface area (Å²) >= 11 is 1.93. The number of carbonyl (C=O) groups is 4. The topological polar surface area (TPSA) is 166 Å². The molecule has 0 radical (unpaired) electrons. The molecular weight excluding hydrogens is 490 g/mol. The molecule has 12 nitrogen and oxygen atoms in total. The van der Waals surface area contributed by atoms with Gasteiger partial charge in [-0.15, -0.1) is 11.3 Å². The highest BCUT2D eigenvalue weighted by Gasteiger charge is 2.50. The van der Waals surface area contributed by atoms with Gasteiger partial charge >= 0.3 is 17.9 Å². The molecule has 2 aromatic heterocycles. The van der Waals surface area contributed by atoms with E-state index in [1.165, 1.54) is 27.7 Å². The summed E-state index contributed by atoms with van der Waals surface area (Å²) in [7, 11) is 0. The lowest BCUT2D eigenvalue weighted by Crippen LogP contribution is -2.41. The van der Waals surface area contributed by atoms with Crippen LogP contribution in [0.1, 0.15) is 42.9 Å². The average Bonchev–Trinajstić information content (AvgIpc) is 3.21. The van der Waals surface area contributed by atoms with E-state index in [-0.39, 0.29) is 22.9 Å². The van der Waals surface area contributed by atoms with E-state index in [1.54, 1.807) is 6.92 Å². The molecule has 14 heteroatoms. The highest BCUT2D eigenvalue weighted by atomic mass is 32.2. The van der Waals surface area contributed by atoms with E-state index >= 15 is 0 Å². The van der Waals surface area contributed by atoms with Crippen LogP contribution in [0.3, 0.4) is 0 Å². The SMILES string of the molecule is CC(=O)OC[C@H]1O[C@@H](Sc2nc3sc(C(C)=O)c(C)c3c(=O)n2N)[C@@H](OC(C)=O)[C@@H]1OC(C)=O. The lowest BCUT2D eigenvalue weighted by atomic mass is 10.1. The van der Waals surface area contributed by atoms with Crippen molar-refractivity contribution < 1.29 is 38.1 Å². The number of nitrogen functional groups attached to an aromatic ring is 1. The molecule has 1 aliphatic heterocycles. The summed E-state index contributed by atoms with van der Waals surface area (Å²) in [5.41, 5.74) is -1.09. The molecular formula is C20H23N3O9S2. The Bertz CT molecular complexity index is 1220. The van der Waals surface area contributed by atoms with Crippen molar-refractivity contribution in [2.24, 2.45) is 0 Å². The molecule has 0 saturated carbocycles. The number of nitrogens with two attached hydrogens (primary N) is 1. The second-order valence-electron chi connectivity index (χ2n) is 7.47. The lowest BCUT2D eigenvalue weighted by molar-refractivity contribution is -0.165. The first kappa shape index (κ1) is 25.6. The number of hydrogen-bond acceptors (Lipinski definition) is 13. The van der Waals surface area contributed by atoms with Crippen molar-refractivity contribution >= 4 is 57.0 Å². The number of hydrogen-bond donors (Lipinski definition) is 1. The van der Waals surface area contributed by atoms with Gasteiger partial charge in [-0.3, -0.25) is 24.0 Å². The number of fused-ring (bicyclic) bond motifs is 1. The summed E-state index contributed by atoms with van der Waals surface area (Å²) < 4.78 is 22.4. The number of ether oxygens (including phenoxy) is 4. The molecule has 0 unspecified atom stereocenters. The maximum atomic E-state index is 12.9. The second-order valence-corrected chi connectivity index (χ2v) is 9.54. The van der Waals surface area contributed by atoms with Crippen LogP contribution in [-0.4, -0.2) is 63.7 Å². The number of thiophene rings is 1. The van der Waals surface area contributed by atoms with Gasteiger partial charge in [0.1, 0.15) is 17.5 Å². The first-order chi connectivity index (χ1) is 15.9. The third-order valence-electron chi connectivity index (χ3n) is 4.83. The second kappa shape index (κ2) is 10.1. The predicted molar refractivity (Wildman–Crippen MR) is 121 cm³/mol. The summed E-state index contributed by atoms with van der Waals surface area (Å²) in [6.45, 7) is 6.32. The van der Waals surface area contributed by atoms with Crippen LogP contribution >= 0.6 is 23.1 Å². The summed E-state index contributed by atoms with van der Waals surface area (Å²) in [6, 6.07) is 0. The number of aromatic nitrogens is 2. The molecule has 0 aromatic carbocycles. The van der Waals surface area contributed by atoms with Gasteiger partial charge in [-0.25, -0.2) is 9.66 Å². The van der Waals surface area contributed by atoms with Crippen LogP contribution in [0, 0.1) is 6.92 Å². The van der Waals surface area contributed by atoms with Crippen LogP contribution in [0.4, 0.5) is 0 Å². The van der Waals surface area contributed by atoms with Gasteiger partial charge in [-0.1, -0.05) is 11.8 Å². The molecule has 184 valence electrons. The fraction of sp³-hybridized carbons (Fsp3) is 0.500. The van der Waals surface area contributed by atoms with Crippen LogP contribution in [0.5, 0.6) is 0 Å². The van der Waals surface area contributed by atoms with Crippen molar-refractivity contribution in [2.75, 3.05) is 12.4 Å². The maximum Gasteiger partial charge on any atom is 0.303 e. The van der Waals surface area contributed by atoms with E-state index in [4.69, 9.17) is 24.8 Å². The van der Waals surface area contributed by atoms with Gasteiger partial charge in [0.05, 0.1) is 10.3 Å². The minimum Gasteiger partial charge on any atom is -0.463 e. The van der Waals surface area contributed by atoms with Gasteiger partial charge in [0.2, 0.25) is 0 Å². The van der Waals surface area contributed by atoms with E-state index < -0.39 is 47.2 Å². The molecule has 0 aliphatic carbocycles. The monoisotopic (exact) mass is 513 g/mol. The Morgan fingerprint density at radius 3 is 2.26 bits per heavy atom. The number of Topliss-reactive ketones (excluding diaryl/α,β-unsaturated/α-hetero) is 1. The molecule has 4 atom stereocenters. The molecule has 1 aliphatic rings. The quantitative estimate of drug-likeness (QED) is 0.183. The highest BCUT2D eigenvalue weighted by Crippen LogP contribution is 2.37. The lowest BCUT2D eigenvalue weighted by Gasteiger charge is -2.23. The summed E-state index contributed by atoms with van der Waals surface area (Å²) in [5, 5.41) is 0.252. The van der Waals surface area contributed by atoms with Gasteiger partial charge in [0.25, 0.3) is 5.56 Å². The minimum atomic E-state index is -1.11. The van der Waals surface area contributed by atoms with Crippen LogP contribution in [-0.2, 0) is 33.3 Å². The summed E-state index contributed by atoms with van der Waals surface area (Å²) in [5.74, 6) is 3.88. The standard InChI is InChI=1S/C20H23N3O9S2/c1-7-13-17(33-16(7)8(2)24)22-20(23(21)18(13)28)34-19-15(31-11(5)27)14(30-10(4)26)12(32-19)6-29-9(3)25/h12,14-15,19H,6,21H2,1-5H3/t12-,14-,15+,19+/m1/s1. The Morgan fingerprint density at radius 2 is 1.71 bits per heavy atom.